The van der Waals surface area contributed by atoms with Gasteiger partial charge in [-0.15, -0.1) is 11.3 Å². The molecule has 1 atom stereocenters. The highest BCUT2D eigenvalue weighted by atomic mass is 32.1. The van der Waals surface area contributed by atoms with Crippen LogP contribution < -0.4 is 5.73 Å². The zero-order chi connectivity index (χ0) is 16.2. The lowest BCUT2D eigenvalue weighted by atomic mass is 10.2. The molecular formula is C15H21N5O2S. The Morgan fingerprint density at radius 2 is 2.39 bits per heavy atom. The van der Waals surface area contributed by atoms with Gasteiger partial charge in [-0.25, -0.2) is 4.98 Å². The standard InChI is InChI=1S/C15H21N5O2S/c1-2-3-6-12-17-10(9-23-12)8-20-7-4-5-11(20)15-18-14(13(16)21)19-22-15/h9,11H,2-8H2,1H3,(H2,16,21)/t11-/m1/s1. The van der Waals surface area contributed by atoms with Gasteiger partial charge >= 0.3 is 0 Å². The van der Waals surface area contributed by atoms with Crippen LogP contribution in [-0.2, 0) is 13.0 Å². The van der Waals surface area contributed by atoms with E-state index in [1.54, 1.807) is 11.3 Å². The second kappa shape index (κ2) is 7.18. The molecule has 2 N–H and O–H groups in total. The molecule has 2 aromatic rings. The molecule has 2 aromatic heterocycles. The van der Waals surface area contributed by atoms with E-state index in [1.807, 2.05) is 0 Å². The van der Waals surface area contributed by atoms with E-state index in [0.29, 0.717) is 5.89 Å². The van der Waals surface area contributed by atoms with Crippen molar-refractivity contribution in [2.75, 3.05) is 6.54 Å². The topological polar surface area (TPSA) is 98.1 Å². The van der Waals surface area contributed by atoms with Crippen molar-refractivity contribution < 1.29 is 9.32 Å². The molecule has 0 saturated carbocycles. The van der Waals surface area contributed by atoms with Gasteiger partial charge in [0, 0.05) is 11.9 Å². The molecule has 1 aliphatic rings. The molecule has 8 heteroatoms. The van der Waals surface area contributed by atoms with E-state index in [0.717, 1.165) is 38.0 Å². The molecule has 1 amide bonds. The number of nitrogens with zero attached hydrogens (tertiary/aromatic N) is 4. The third-order valence-corrected chi connectivity index (χ3v) is 4.98. The summed E-state index contributed by atoms with van der Waals surface area (Å²) in [5.41, 5.74) is 6.27. The first-order chi connectivity index (χ1) is 11.2. The first-order valence-corrected chi connectivity index (χ1v) is 8.86. The first-order valence-electron chi connectivity index (χ1n) is 7.98. The van der Waals surface area contributed by atoms with Crippen LogP contribution in [0.3, 0.4) is 0 Å². The van der Waals surface area contributed by atoms with Gasteiger partial charge in [0.15, 0.2) is 0 Å². The number of hydrogen-bond acceptors (Lipinski definition) is 7. The molecule has 3 rings (SSSR count). The Labute approximate surface area is 138 Å². The van der Waals surface area contributed by atoms with Crippen LogP contribution in [0.5, 0.6) is 0 Å². The van der Waals surface area contributed by atoms with E-state index < -0.39 is 5.91 Å². The molecule has 3 heterocycles. The van der Waals surface area contributed by atoms with Crippen LogP contribution in [0.4, 0.5) is 0 Å². The van der Waals surface area contributed by atoms with Crippen molar-refractivity contribution >= 4 is 17.2 Å². The average Bonchev–Trinajstić information content (AvgIpc) is 3.25. The highest BCUT2D eigenvalue weighted by Gasteiger charge is 2.31. The molecule has 1 aliphatic heterocycles. The Morgan fingerprint density at radius 1 is 1.52 bits per heavy atom. The number of thiazole rings is 1. The average molecular weight is 335 g/mol. The van der Waals surface area contributed by atoms with Crippen molar-refractivity contribution in [3.05, 3.63) is 27.8 Å². The number of aromatic nitrogens is 3. The van der Waals surface area contributed by atoms with E-state index in [1.165, 1.54) is 17.8 Å². The predicted octanol–water partition coefficient (Wildman–Crippen LogP) is 2.30. The van der Waals surface area contributed by atoms with Gasteiger partial charge in [0.2, 0.25) is 5.89 Å². The van der Waals surface area contributed by atoms with Crippen molar-refractivity contribution in [2.24, 2.45) is 5.73 Å². The number of rotatable bonds is 7. The molecule has 0 bridgehead atoms. The second-order valence-electron chi connectivity index (χ2n) is 5.79. The third-order valence-electron chi connectivity index (χ3n) is 4.02. The third kappa shape index (κ3) is 3.76. The normalized spacial score (nSPS) is 18.6. The van der Waals surface area contributed by atoms with Crippen LogP contribution in [-0.4, -0.2) is 32.5 Å². The quantitative estimate of drug-likeness (QED) is 0.833. The van der Waals surface area contributed by atoms with Crippen molar-refractivity contribution in [1.29, 1.82) is 0 Å². The summed E-state index contributed by atoms with van der Waals surface area (Å²) in [5, 5.41) is 6.97. The summed E-state index contributed by atoms with van der Waals surface area (Å²) in [4.78, 5) is 22.2. The van der Waals surface area contributed by atoms with Gasteiger partial charge in [-0.1, -0.05) is 18.5 Å². The summed E-state index contributed by atoms with van der Waals surface area (Å²) >= 11 is 1.73. The summed E-state index contributed by atoms with van der Waals surface area (Å²) < 4.78 is 5.21. The van der Waals surface area contributed by atoms with Crippen LogP contribution in [0, 0.1) is 0 Å². The smallest absolute Gasteiger partial charge is 0.290 e. The van der Waals surface area contributed by atoms with Gasteiger partial charge in [-0.3, -0.25) is 9.69 Å². The molecule has 0 aromatic carbocycles. The fourth-order valence-electron chi connectivity index (χ4n) is 2.84. The fraction of sp³-hybridized carbons (Fsp3) is 0.600. The number of primary amides is 1. The highest BCUT2D eigenvalue weighted by Crippen LogP contribution is 2.32. The number of nitrogens with two attached hydrogens (primary N) is 1. The van der Waals surface area contributed by atoms with Crippen LogP contribution in [0.1, 0.15) is 65.9 Å². The molecule has 1 fully saturated rings. The molecule has 0 unspecified atom stereocenters. The summed E-state index contributed by atoms with van der Waals surface area (Å²) in [7, 11) is 0. The van der Waals surface area contributed by atoms with Crippen LogP contribution in [0.2, 0.25) is 0 Å². The van der Waals surface area contributed by atoms with Gasteiger partial charge in [-0.2, -0.15) is 4.98 Å². The lowest BCUT2D eigenvalue weighted by molar-refractivity contribution is 0.0987. The van der Waals surface area contributed by atoms with Gasteiger partial charge in [0.25, 0.3) is 11.7 Å². The minimum Gasteiger partial charge on any atom is -0.363 e. The maximum Gasteiger partial charge on any atom is 0.290 e. The summed E-state index contributed by atoms with van der Waals surface area (Å²) in [5.74, 6) is -0.246. The maximum absolute atomic E-state index is 11.1. The largest absolute Gasteiger partial charge is 0.363 e. The van der Waals surface area contributed by atoms with Gasteiger partial charge in [0.1, 0.15) is 0 Å². The Kier molecular flexibility index (Phi) is 5.02. The molecule has 23 heavy (non-hydrogen) atoms. The number of aryl methyl sites for hydroxylation is 1. The molecule has 0 spiro atoms. The molecule has 1 saturated heterocycles. The number of carbonyl (C=O) groups is 1. The monoisotopic (exact) mass is 335 g/mol. The van der Waals surface area contributed by atoms with Gasteiger partial charge < -0.3 is 10.3 Å². The van der Waals surface area contributed by atoms with E-state index in [9.17, 15) is 4.79 Å². The molecule has 0 radical (unpaired) electrons. The van der Waals surface area contributed by atoms with E-state index >= 15 is 0 Å². The first kappa shape index (κ1) is 16.1. The zero-order valence-electron chi connectivity index (χ0n) is 13.2. The second-order valence-corrected chi connectivity index (χ2v) is 6.73. The van der Waals surface area contributed by atoms with Crippen molar-refractivity contribution in [2.45, 2.75) is 51.6 Å². The molecular weight excluding hydrogens is 314 g/mol. The summed E-state index contributed by atoms with van der Waals surface area (Å²) in [6.07, 6.45) is 5.41. The van der Waals surface area contributed by atoms with Crippen molar-refractivity contribution in [3.63, 3.8) is 0 Å². The number of amides is 1. The van der Waals surface area contributed by atoms with Gasteiger partial charge in [-0.05, 0) is 32.2 Å². The molecule has 124 valence electrons. The highest BCUT2D eigenvalue weighted by molar-refractivity contribution is 7.09. The number of unbranched alkanes of at least 4 members (excludes halogenated alkanes) is 1. The number of carbonyl (C=O) groups excluding carboxylic acids is 1. The van der Waals surface area contributed by atoms with Crippen molar-refractivity contribution in [1.82, 2.24) is 20.0 Å². The van der Waals surface area contributed by atoms with Crippen LogP contribution in [0.15, 0.2) is 9.90 Å². The Morgan fingerprint density at radius 3 is 3.13 bits per heavy atom. The minimum absolute atomic E-state index is 0.0383. The van der Waals surface area contributed by atoms with E-state index in [-0.39, 0.29) is 11.9 Å². The van der Waals surface area contributed by atoms with Crippen LogP contribution in [0.25, 0.3) is 0 Å². The van der Waals surface area contributed by atoms with E-state index in [4.69, 9.17) is 15.2 Å². The Balaban J connectivity index is 1.66. The minimum atomic E-state index is -0.662. The lowest BCUT2D eigenvalue weighted by Gasteiger charge is -2.20. The maximum atomic E-state index is 11.1. The molecule has 7 nitrogen and oxygen atoms in total. The fourth-order valence-corrected chi connectivity index (χ4v) is 3.67. The van der Waals surface area contributed by atoms with Crippen LogP contribution >= 0.6 is 11.3 Å². The van der Waals surface area contributed by atoms with Gasteiger partial charge in [0.05, 0.1) is 16.7 Å². The van der Waals surface area contributed by atoms with Crippen molar-refractivity contribution in [3.8, 4) is 0 Å². The predicted molar refractivity (Wildman–Crippen MR) is 85.9 cm³/mol. The Hall–Kier alpha value is -1.80. The number of likely N-dealkylation sites (tertiary alicyclic amines) is 1. The summed E-state index contributed by atoms with van der Waals surface area (Å²) in [6, 6.07) is 0.0383. The Bertz CT molecular complexity index is 668. The summed E-state index contributed by atoms with van der Waals surface area (Å²) in [6.45, 7) is 3.91. The SMILES string of the molecule is CCCCc1nc(CN2CCC[C@@H]2c2nc(C(N)=O)no2)cs1. The zero-order valence-corrected chi connectivity index (χ0v) is 14.0. The lowest BCUT2D eigenvalue weighted by Crippen LogP contribution is -2.23. The molecule has 0 aliphatic carbocycles. The van der Waals surface area contributed by atoms with E-state index in [2.05, 4.69) is 27.3 Å². The number of hydrogen-bond donors (Lipinski definition) is 1.